The Labute approximate surface area is 303 Å². The zero-order valence-corrected chi connectivity index (χ0v) is 31.1. The molecule has 2 aliphatic rings. The fourth-order valence-electron chi connectivity index (χ4n) is 7.32. The van der Waals surface area contributed by atoms with Gasteiger partial charge in [-0.3, -0.25) is 9.89 Å². The standard InChI is InChI=1S/C39H45ClFN9O/c1-9-31(51)49-17-25(6)50(18-24(49)5)38-28-15-29(40)33(35(41)36(28)43-39(44-38)48-19-27(20-48)47(7)8)32-22(3)11-13-30-34(32)37(46-45-30)42-16-26-12-10-21(2)23(4)14-26/h9-15,24-25,27H,1,16-20H2,2-8H3,(H2,42,45,46)/t24-,25+/m1/s1. The Morgan fingerprint density at radius 3 is 2.47 bits per heavy atom. The summed E-state index contributed by atoms with van der Waals surface area (Å²) in [6, 6.07) is 12.2. The van der Waals surface area contributed by atoms with Crippen LogP contribution in [0, 0.1) is 26.6 Å². The van der Waals surface area contributed by atoms with Crippen LogP contribution in [-0.2, 0) is 11.3 Å². The zero-order valence-electron chi connectivity index (χ0n) is 30.3. The molecule has 7 rings (SSSR count). The van der Waals surface area contributed by atoms with Crippen molar-refractivity contribution in [2.75, 3.05) is 55.4 Å². The first kappa shape index (κ1) is 34.7. The van der Waals surface area contributed by atoms with E-state index >= 15 is 4.39 Å². The molecule has 266 valence electrons. The lowest BCUT2D eigenvalue weighted by Gasteiger charge is -2.45. The SMILES string of the molecule is C=CC(=O)N1C[C@H](C)N(c2nc(N3CC(N(C)C)C3)nc3c(F)c(-c4c(C)ccc5[nH]nc(NCc6ccc(C)c(C)c6)c45)c(Cl)cc23)C[C@H]1C. The largest absolute Gasteiger partial charge is 0.364 e. The summed E-state index contributed by atoms with van der Waals surface area (Å²) in [5.41, 5.74) is 6.33. The van der Waals surface area contributed by atoms with Crippen molar-refractivity contribution in [3.05, 3.63) is 82.1 Å². The first-order valence-corrected chi connectivity index (χ1v) is 17.8. The fraction of sp³-hybridized carbons (Fsp3) is 0.385. The van der Waals surface area contributed by atoms with Gasteiger partial charge in [0.2, 0.25) is 11.9 Å². The molecule has 2 atom stereocenters. The van der Waals surface area contributed by atoms with Crippen LogP contribution in [0.1, 0.15) is 36.1 Å². The number of aromatic amines is 1. The molecule has 10 nitrogen and oxygen atoms in total. The fourth-order valence-corrected chi connectivity index (χ4v) is 7.60. The minimum atomic E-state index is -0.509. The molecule has 5 aromatic rings. The van der Waals surface area contributed by atoms with Crippen molar-refractivity contribution in [2.24, 2.45) is 0 Å². The van der Waals surface area contributed by atoms with E-state index in [4.69, 9.17) is 21.6 Å². The summed E-state index contributed by atoms with van der Waals surface area (Å²) in [5, 5.41) is 12.8. The van der Waals surface area contributed by atoms with Gasteiger partial charge in [-0.1, -0.05) is 42.4 Å². The van der Waals surface area contributed by atoms with Gasteiger partial charge in [0.05, 0.1) is 15.9 Å². The maximum absolute atomic E-state index is 17.5. The average Bonchev–Trinajstić information content (AvgIpc) is 3.49. The minimum Gasteiger partial charge on any atom is -0.364 e. The Bertz CT molecular complexity index is 2180. The average molecular weight is 710 g/mol. The van der Waals surface area contributed by atoms with Gasteiger partial charge in [0, 0.05) is 67.4 Å². The lowest BCUT2D eigenvalue weighted by atomic mass is 9.94. The number of likely N-dealkylation sites (N-methyl/N-ethyl adjacent to an activating group) is 1. The summed E-state index contributed by atoms with van der Waals surface area (Å²) in [6.45, 7) is 16.9. The number of carbonyl (C=O) groups is 1. The number of nitrogens with zero attached hydrogens (tertiary/aromatic N) is 7. The number of H-pyrrole nitrogens is 1. The van der Waals surface area contributed by atoms with E-state index in [0.717, 1.165) is 35.1 Å². The zero-order chi connectivity index (χ0) is 36.3. The molecule has 0 aliphatic carbocycles. The number of carbonyl (C=O) groups excluding carboxylic acids is 1. The number of nitrogens with one attached hydrogen (secondary N) is 2. The molecule has 2 aliphatic heterocycles. The molecule has 2 aromatic heterocycles. The number of fused-ring (bicyclic) bond motifs is 2. The van der Waals surface area contributed by atoms with Crippen molar-refractivity contribution in [3.8, 4) is 11.1 Å². The van der Waals surface area contributed by atoms with Crippen molar-refractivity contribution in [3.63, 3.8) is 0 Å². The number of aromatic nitrogens is 4. The monoisotopic (exact) mass is 709 g/mol. The van der Waals surface area contributed by atoms with Gasteiger partial charge >= 0.3 is 0 Å². The molecule has 0 spiro atoms. The summed E-state index contributed by atoms with van der Waals surface area (Å²) in [4.78, 5) is 30.9. The molecule has 0 radical (unpaired) electrons. The Kier molecular flexibility index (Phi) is 9.14. The molecular formula is C39H45ClFN9O. The molecule has 4 heterocycles. The number of rotatable bonds is 8. The second kappa shape index (κ2) is 13.4. The Morgan fingerprint density at radius 2 is 1.76 bits per heavy atom. The van der Waals surface area contributed by atoms with Crippen LogP contribution in [0.5, 0.6) is 0 Å². The highest BCUT2D eigenvalue weighted by atomic mass is 35.5. The second-order valence-corrected chi connectivity index (χ2v) is 14.8. The number of benzene rings is 3. The number of hydrogen-bond donors (Lipinski definition) is 2. The van der Waals surface area contributed by atoms with Crippen LogP contribution in [0.3, 0.4) is 0 Å². The summed E-state index contributed by atoms with van der Waals surface area (Å²) in [5.74, 6) is 1.08. The van der Waals surface area contributed by atoms with Crippen molar-refractivity contribution in [2.45, 2.75) is 59.3 Å². The maximum Gasteiger partial charge on any atom is 0.246 e. The second-order valence-electron chi connectivity index (χ2n) is 14.4. The lowest BCUT2D eigenvalue weighted by molar-refractivity contribution is -0.128. The molecule has 3 aromatic carbocycles. The number of amides is 1. The molecular weight excluding hydrogens is 665 g/mol. The summed E-state index contributed by atoms with van der Waals surface area (Å²) >= 11 is 7.15. The van der Waals surface area contributed by atoms with Crippen LogP contribution in [0.25, 0.3) is 32.9 Å². The first-order valence-electron chi connectivity index (χ1n) is 17.4. The molecule has 2 saturated heterocycles. The highest BCUT2D eigenvalue weighted by Crippen LogP contribution is 2.44. The van der Waals surface area contributed by atoms with Gasteiger partial charge in [-0.15, -0.1) is 0 Å². The van der Waals surface area contributed by atoms with Crippen molar-refractivity contribution in [1.29, 1.82) is 0 Å². The maximum atomic E-state index is 17.5. The normalized spacial score (nSPS) is 18.2. The molecule has 0 bridgehead atoms. The Balaban J connectivity index is 1.36. The number of aryl methyl sites for hydroxylation is 3. The number of halogens is 2. The van der Waals surface area contributed by atoms with Gasteiger partial charge < -0.3 is 24.9 Å². The smallest absolute Gasteiger partial charge is 0.246 e. The highest BCUT2D eigenvalue weighted by molar-refractivity contribution is 6.35. The van der Waals surface area contributed by atoms with Gasteiger partial charge in [0.1, 0.15) is 11.3 Å². The predicted octanol–water partition coefficient (Wildman–Crippen LogP) is 6.86. The predicted molar refractivity (Wildman–Crippen MR) is 205 cm³/mol. The third kappa shape index (κ3) is 6.16. The van der Waals surface area contributed by atoms with Gasteiger partial charge in [-0.05, 0) is 89.2 Å². The molecule has 2 fully saturated rings. The third-order valence-corrected chi connectivity index (χ3v) is 11.0. The quantitative estimate of drug-likeness (QED) is 0.169. The summed E-state index contributed by atoms with van der Waals surface area (Å²) in [7, 11) is 4.11. The van der Waals surface area contributed by atoms with E-state index in [0.29, 0.717) is 54.2 Å². The van der Waals surface area contributed by atoms with Crippen LogP contribution in [0.15, 0.2) is 49.1 Å². The van der Waals surface area contributed by atoms with Crippen molar-refractivity contribution >= 4 is 56.9 Å². The highest BCUT2D eigenvalue weighted by Gasteiger charge is 2.36. The van der Waals surface area contributed by atoms with Crippen molar-refractivity contribution in [1.82, 2.24) is 30.0 Å². The minimum absolute atomic E-state index is 0.101. The molecule has 0 unspecified atom stereocenters. The molecule has 2 N–H and O–H groups in total. The molecule has 0 saturated carbocycles. The first-order chi connectivity index (χ1) is 24.4. The van der Waals surface area contributed by atoms with Gasteiger partial charge in [0.15, 0.2) is 11.6 Å². The molecule has 1 amide bonds. The number of hydrogen-bond acceptors (Lipinski definition) is 8. The van der Waals surface area contributed by atoms with E-state index in [2.05, 4.69) is 89.9 Å². The van der Waals surface area contributed by atoms with Gasteiger partial charge in [-0.25, -0.2) is 9.37 Å². The third-order valence-electron chi connectivity index (χ3n) is 10.7. The van der Waals surface area contributed by atoms with Crippen LogP contribution < -0.4 is 15.1 Å². The number of piperazine rings is 1. The Hall–Kier alpha value is -4.74. The van der Waals surface area contributed by atoms with E-state index in [1.165, 1.54) is 17.2 Å². The van der Waals surface area contributed by atoms with Crippen LogP contribution in [-0.4, -0.2) is 94.3 Å². The van der Waals surface area contributed by atoms with Crippen molar-refractivity contribution < 1.29 is 9.18 Å². The molecule has 51 heavy (non-hydrogen) atoms. The topological polar surface area (TPSA) is 96.5 Å². The van der Waals surface area contributed by atoms with E-state index in [-0.39, 0.29) is 34.1 Å². The summed E-state index contributed by atoms with van der Waals surface area (Å²) in [6.07, 6.45) is 1.35. The van der Waals surface area contributed by atoms with Gasteiger partial charge in [-0.2, -0.15) is 10.1 Å². The molecule has 12 heteroatoms. The Morgan fingerprint density at radius 1 is 1.02 bits per heavy atom. The van der Waals surface area contributed by atoms with Gasteiger partial charge in [0.25, 0.3) is 0 Å². The van der Waals surface area contributed by atoms with Crippen LogP contribution in [0.4, 0.5) is 22.0 Å². The van der Waals surface area contributed by atoms with E-state index in [9.17, 15) is 4.79 Å². The number of anilines is 3. The van der Waals surface area contributed by atoms with E-state index in [1.54, 1.807) is 6.07 Å². The van der Waals surface area contributed by atoms with E-state index < -0.39 is 5.82 Å². The lowest BCUT2D eigenvalue weighted by Crippen LogP contribution is -2.59. The van der Waals surface area contributed by atoms with E-state index in [1.807, 2.05) is 30.9 Å². The van der Waals surface area contributed by atoms with Crippen LogP contribution >= 0.6 is 11.6 Å². The van der Waals surface area contributed by atoms with Crippen LogP contribution in [0.2, 0.25) is 5.02 Å². The summed E-state index contributed by atoms with van der Waals surface area (Å²) < 4.78 is 17.5.